The predicted octanol–water partition coefficient (Wildman–Crippen LogP) is 3.33. The van der Waals surface area contributed by atoms with E-state index in [0.29, 0.717) is 0 Å². The fourth-order valence-corrected chi connectivity index (χ4v) is 4.68. The third-order valence-electron chi connectivity index (χ3n) is 5.09. The van der Waals surface area contributed by atoms with Crippen molar-refractivity contribution in [1.29, 1.82) is 0 Å². The average Bonchev–Trinajstić information content (AvgIpc) is 3.14. The van der Waals surface area contributed by atoms with Gasteiger partial charge in [0.2, 0.25) is 0 Å². The van der Waals surface area contributed by atoms with Gasteiger partial charge in [-0.25, -0.2) is 0 Å². The molecule has 0 saturated heterocycles. The topological polar surface area (TPSA) is 50.2 Å². The lowest BCUT2D eigenvalue weighted by atomic mass is 9.94. The van der Waals surface area contributed by atoms with Gasteiger partial charge in [0.05, 0.1) is 10.6 Å². The fourth-order valence-electron chi connectivity index (χ4n) is 3.64. The summed E-state index contributed by atoms with van der Waals surface area (Å²) in [5.41, 5.74) is 0.983. The Morgan fingerprint density at radius 3 is 2.88 bits per heavy atom. The molecule has 0 bridgehead atoms. The van der Waals surface area contributed by atoms with Crippen LogP contribution in [0.5, 0.6) is 0 Å². The standard InChI is InChI=1S/C18H28N4OS/c1-13-15-12-16(24-18(15)22(3)20-13)17(23)19-10-7-11-21(2)14-8-5-4-6-9-14/h12,14H,4-11H2,1-3H3,(H,19,23). The van der Waals surface area contributed by atoms with Crippen LogP contribution in [0.1, 0.15) is 53.9 Å². The van der Waals surface area contributed by atoms with Gasteiger partial charge in [0.1, 0.15) is 4.83 Å². The van der Waals surface area contributed by atoms with Gasteiger partial charge >= 0.3 is 0 Å². The summed E-state index contributed by atoms with van der Waals surface area (Å²) in [5.74, 6) is 0.0379. The molecule has 24 heavy (non-hydrogen) atoms. The molecule has 2 aromatic heterocycles. The molecule has 6 heteroatoms. The van der Waals surface area contributed by atoms with Crippen LogP contribution in [0, 0.1) is 6.92 Å². The van der Waals surface area contributed by atoms with E-state index in [-0.39, 0.29) is 5.91 Å². The van der Waals surface area contributed by atoms with E-state index in [2.05, 4.69) is 22.4 Å². The molecule has 0 aromatic carbocycles. The third kappa shape index (κ3) is 3.81. The van der Waals surface area contributed by atoms with Crippen molar-refractivity contribution < 1.29 is 4.79 Å². The lowest BCUT2D eigenvalue weighted by Crippen LogP contribution is -2.35. The van der Waals surface area contributed by atoms with Crippen molar-refractivity contribution in [2.24, 2.45) is 7.05 Å². The summed E-state index contributed by atoms with van der Waals surface area (Å²) in [6.45, 7) is 3.78. The smallest absolute Gasteiger partial charge is 0.261 e. The first-order chi connectivity index (χ1) is 11.6. The molecule has 2 heterocycles. The minimum Gasteiger partial charge on any atom is -0.351 e. The van der Waals surface area contributed by atoms with Crippen molar-refractivity contribution in [3.63, 3.8) is 0 Å². The molecule has 0 unspecified atom stereocenters. The molecule has 0 atom stereocenters. The van der Waals surface area contributed by atoms with Gasteiger partial charge in [0, 0.05) is 25.0 Å². The molecular weight excluding hydrogens is 320 g/mol. The van der Waals surface area contributed by atoms with Crippen molar-refractivity contribution in [2.75, 3.05) is 20.1 Å². The molecule has 0 radical (unpaired) electrons. The molecule has 0 aliphatic heterocycles. The first-order valence-corrected chi connectivity index (χ1v) is 9.79. The van der Waals surface area contributed by atoms with Crippen molar-refractivity contribution in [2.45, 2.75) is 51.5 Å². The van der Waals surface area contributed by atoms with Crippen LogP contribution in [0.25, 0.3) is 10.2 Å². The lowest BCUT2D eigenvalue weighted by Gasteiger charge is -2.31. The Bertz CT molecular complexity index is 665. The molecular formula is C18H28N4OS. The van der Waals surface area contributed by atoms with Gasteiger partial charge in [0.25, 0.3) is 5.91 Å². The van der Waals surface area contributed by atoms with E-state index in [9.17, 15) is 4.79 Å². The molecule has 1 aliphatic carbocycles. The van der Waals surface area contributed by atoms with Crippen LogP contribution in [-0.2, 0) is 7.05 Å². The highest BCUT2D eigenvalue weighted by Crippen LogP contribution is 2.27. The number of hydrogen-bond donors (Lipinski definition) is 1. The van der Waals surface area contributed by atoms with E-state index >= 15 is 0 Å². The number of hydrogen-bond acceptors (Lipinski definition) is 4. The molecule has 1 N–H and O–H groups in total. The van der Waals surface area contributed by atoms with Crippen molar-refractivity contribution in [1.82, 2.24) is 20.0 Å². The SMILES string of the molecule is Cc1nn(C)c2sc(C(=O)NCCCN(C)C3CCCCC3)cc12. The number of thiophene rings is 1. The maximum atomic E-state index is 12.3. The summed E-state index contributed by atoms with van der Waals surface area (Å²) in [7, 11) is 4.15. The second-order valence-corrected chi connectivity index (χ2v) is 7.95. The fraction of sp³-hybridized carbons (Fsp3) is 0.667. The Kier molecular flexibility index (Phi) is 5.56. The Labute approximate surface area is 148 Å². The Balaban J connectivity index is 1.45. The van der Waals surface area contributed by atoms with Crippen LogP contribution < -0.4 is 5.32 Å². The van der Waals surface area contributed by atoms with E-state index in [1.807, 2.05) is 24.7 Å². The summed E-state index contributed by atoms with van der Waals surface area (Å²) >= 11 is 1.52. The maximum absolute atomic E-state index is 12.3. The Hall–Kier alpha value is -1.40. The minimum absolute atomic E-state index is 0.0379. The number of aryl methyl sites for hydroxylation is 2. The Morgan fingerprint density at radius 2 is 2.17 bits per heavy atom. The lowest BCUT2D eigenvalue weighted by molar-refractivity contribution is 0.0954. The van der Waals surface area contributed by atoms with Crippen LogP contribution in [0.4, 0.5) is 0 Å². The molecule has 1 fully saturated rings. The van der Waals surface area contributed by atoms with Crippen LogP contribution in [-0.4, -0.2) is 46.8 Å². The Morgan fingerprint density at radius 1 is 1.42 bits per heavy atom. The van der Waals surface area contributed by atoms with E-state index in [0.717, 1.165) is 46.3 Å². The van der Waals surface area contributed by atoms with Crippen LogP contribution in [0.15, 0.2) is 6.07 Å². The summed E-state index contributed by atoms with van der Waals surface area (Å²) in [5, 5.41) is 8.53. The zero-order chi connectivity index (χ0) is 17.1. The average molecular weight is 349 g/mol. The minimum atomic E-state index is 0.0379. The number of amides is 1. The van der Waals surface area contributed by atoms with E-state index in [1.54, 1.807) is 0 Å². The molecule has 5 nitrogen and oxygen atoms in total. The number of carbonyl (C=O) groups is 1. The highest BCUT2D eigenvalue weighted by Gasteiger charge is 2.18. The first-order valence-electron chi connectivity index (χ1n) is 8.98. The molecule has 3 rings (SSSR count). The van der Waals surface area contributed by atoms with Crippen molar-refractivity contribution in [3.05, 3.63) is 16.6 Å². The normalized spacial score (nSPS) is 16.2. The summed E-state index contributed by atoms with van der Waals surface area (Å²) < 4.78 is 1.85. The van der Waals surface area contributed by atoms with Crippen molar-refractivity contribution in [3.8, 4) is 0 Å². The molecule has 1 aliphatic rings. The number of nitrogens with zero attached hydrogens (tertiary/aromatic N) is 3. The number of nitrogens with one attached hydrogen (secondary N) is 1. The predicted molar refractivity (Wildman–Crippen MR) is 99.8 cm³/mol. The van der Waals surface area contributed by atoms with E-state index in [1.165, 1.54) is 43.4 Å². The van der Waals surface area contributed by atoms with Gasteiger partial charge in [-0.1, -0.05) is 19.3 Å². The summed E-state index contributed by atoms with van der Waals surface area (Å²) in [6, 6.07) is 2.71. The quantitative estimate of drug-likeness (QED) is 0.815. The van der Waals surface area contributed by atoms with Crippen LogP contribution in [0.2, 0.25) is 0 Å². The van der Waals surface area contributed by atoms with Gasteiger partial charge in [-0.2, -0.15) is 5.10 Å². The molecule has 1 amide bonds. The van der Waals surface area contributed by atoms with Gasteiger partial charge in [0.15, 0.2) is 0 Å². The second kappa shape index (κ2) is 7.66. The number of rotatable bonds is 6. The largest absolute Gasteiger partial charge is 0.351 e. The summed E-state index contributed by atoms with van der Waals surface area (Å²) in [6.07, 6.45) is 7.79. The highest BCUT2D eigenvalue weighted by molar-refractivity contribution is 7.20. The van der Waals surface area contributed by atoms with Gasteiger partial charge in [-0.3, -0.25) is 9.48 Å². The van der Waals surface area contributed by atoms with Gasteiger partial charge in [-0.15, -0.1) is 11.3 Å². The molecule has 1 saturated carbocycles. The number of aromatic nitrogens is 2. The number of carbonyl (C=O) groups excluding carboxylic acids is 1. The molecule has 0 spiro atoms. The van der Waals surface area contributed by atoms with Crippen LogP contribution >= 0.6 is 11.3 Å². The third-order valence-corrected chi connectivity index (χ3v) is 6.29. The summed E-state index contributed by atoms with van der Waals surface area (Å²) in [4.78, 5) is 16.7. The van der Waals surface area contributed by atoms with E-state index in [4.69, 9.17) is 0 Å². The monoisotopic (exact) mass is 348 g/mol. The maximum Gasteiger partial charge on any atom is 0.261 e. The van der Waals surface area contributed by atoms with Gasteiger partial charge < -0.3 is 10.2 Å². The molecule has 2 aromatic rings. The highest BCUT2D eigenvalue weighted by atomic mass is 32.1. The van der Waals surface area contributed by atoms with Crippen molar-refractivity contribution >= 4 is 27.5 Å². The zero-order valence-electron chi connectivity index (χ0n) is 15.0. The van der Waals surface area contributed by atoms with E-state index < -0.39 is 0 Å². The van der Waals surface area contributed by atoms with Crippen LogP contribution in [0.3, 0.4) is 0 Å². The first kappa shape index (κ1) is 17.4. The molecule has 132 valence electrons. The second-order valence-electron chi connectivity index (χ2n) is 6.92. The zero-order valence-corrected chi connectivity index (χ0v) is 15.8. The van der Waals surface area contributed by atoms with Gasteiger partial charge in [-0.05, 0) is 45.8 Å². The number of fused-ring (bicyclic) bond motifs is 1.